The van der Waals surface area contributed by atoms with Crippen molar-refractivity contribution >= 4 is 39.9 Å². The van der Waals surface area contributed by atoms with E-state index in [1.54, 1.807) is 24.5 Å². The number of carbonyl (C=O) groups is 1. The SMILES string of the molecule is C[C@@H](CNC(=O)Cc1ccc(Cl)c(Cl)c1)[S@@](C)=O. The highest BCUT2D eigenvalue weighted by atomic mass is 35.5. The first kappa shape index (κ1) is 15.5. The van der Waals surface area contributed by atoms with Crippen LogP contribution in [0.25, 0.3) is 0 Å². The average Bonchev–Trinajstić information content (AvgIpc) is 2.30. The Labute approximate surface area is 119 Å². The van der Waals surface area contributed by atoms with E-state index in [2.05, 4.69) is 5.32 Å². The molecule has 3 nitrogen and oxygen atoms in total. The molecule has 0 aliphatic heterocycles. The van der Waals surface area contributed by atoms with Crippen molar-refractivity contribution in [3.05, 3.63) is 33.8 Å². The fourth-order valence-corrected chi connectivity index (χ4v) is 1.91. The summed E-state index contributed by atoms with van der Waals surface area (Å²) < 4.78 is 11.1. The fraction of sp³-hybridized carbons (Fsp3) is 0.417. The average molecular weight is 308 g/mol. The maximum atomic E-state index is 11.6. The molecule has 2 atom stereocenters. The Hall–Kier alpha value is -0.580. The van der Waals surface area contributed by atoms with Gasteiger partial charge < -0.3 is 5.32 Å². The van der Waals surface area contributed by atoms with Crippen LogP contribution in [-0.2, 0) is 22.0 Å². The molecule has 1 rings (SSSR count). The number of hydrogen-bond acceptors (Lipinski definition) is 2. The third kappa shape index (κ3) is 4.96. The van der Waals surface area contributed by atoms with Crippen LogP contribution >= 0.6 is 23.2 Å². The van der Waals surface area contributed by atoms with Gasteiger partial charge in [0, 0.05) is 28.9 Å². The zero-order valence-electron chi connectivity index (χ0n) is 10.2. The van der Waals surface area contributed by atoms with Crippen molar-refractivity contribution in [2.45, 2.75) is 18.6 Å². The number of benzene rings is 1. The quantitative estimate of drug-likeness (QED) is 0.908. The van der Waals surface area contributed by atoms with Crippen LogP contribution in [0.15, 0.2) is 18.2 Å². The molecule has 0 saturated carbocycles. The summed E-state index contributed by atoms with van der Waals surface area (Å²) in [6.07, 6.45) is 1.86. The highest BCUT2D eigenvalue weighted by Crippen LogP contribution is 2.22. The van der Waals surface area contributed by atoms with Gasteiger partial charge in [-0.1, -0.05) is 29.3 Å². The smallest absolute Gasteiger partial charge is 0.224 e. The molecule has 1 amide bonds. The van der Waals surface area contributed by atoms with E-state index in [1.165, 1.54) is 0 Å². The van der Waals surface area contributed by atoms with Gasteiger partial charge in [0.2, 0.25) is 5.91 Å². The van der Waals surface area contributed by atoms with Crippen molar-refractivity contribution < 1.29 is 9.00 Å². The van der Waals surface area contributed by atoms with Gasteiger partial charge in [0.25, 0.3) is 0 Å². The number of hydrogen-bond donors (Lipinski definition) is 1. The van der Waals surface area contributed by atoms with Crippen molar-refractivity contribution in [1.29, 1.82) is 0 Å². The van der Waals surface area contributed by atoms with E-state index in [4.69, 9.17) is 23.2 Å². The third-order valence-electron chi connectivity index (χ3n) is 2.50. The van der Waals surface area contributed by atoms with E-state index in [0.717, 1.165) is 5.56 Å². The molecule has 6 heteroatoms. The molecule has 1 aromatic carbocycles. The molecule has 0 fully saturated rings. The third-order valence-corrected chi connectivity index (χ3v) is 4.54. The number of nitrogens with one attached hydrogen (secondary N) is 1. The molecule has 0 aromatic heterocycles. The first-order valence-corrected chi connectivity index (χ1v) is 7.80. The van der Waals surface area contributed by atoms with Gasteiger partial charge >= 0.3 is 0 Å². The zero-order valence-corrected chi connectivity index (χ0v) is 12.5. The van der Waals surface area contributed by atoms with Crippen LogP contribution in [0.1, 0.15) is 12.5 Å². The molecule has 0 unspecified atom stereocenters. The van der Waals surface area contributed by atoms with Gasteiger partial charge in [-0.15, -0.1) is 0 Å². The second-order valence-electron chi connectivity index (χ2n) is 4.04. The van der Waals surface area contributed by atoms with Gasteiger partial charge in [0.15, 0.2) is 0 Å². The van der Waals surface area contributed by atoms with E-state index in [0.29, 0.717) is 16.6 Å². The summed E-state index contributed by atoms with van der Waals surface area (Å²) in [6, 6.07) is 5.09. The van der Waals surface area contributed by atoms with Crippen LogP contribution in [0, 0.1) is 0 Å². The number of rotatable bonds is 5. The Kier molecular flexibility index (Phi) is 6.12. The molecule has 0 spiro atoms. The summed E-state index contributed by atoms with van der Waals surface area (Å²) in [4.78, 5) is 11.6. The van der Waals surface area contributed by atoms with Gasteiger partial charge in [-0.05, 0) is 24.6 Å². The minimum absolute atomic E-state index is 0.0530. The van der Waals surface area contributed by atoms with Gasteiger partial charge in [0.05, 0.1) is 16.5 Å². The van der Waals surface area contributed by atoms with Gasteiger partial charge in [0.1, 0.15) is 0 Å². The van der Waals surface area contributed by atoms with Crippen molar-refractivity contribution in [2.24, 2.45) is 0 Å². The number of carbonyl (C=O) groups excluding carboxylic acids is 1. The summed E-state index contributed by atoms with van der Waals surface area (Å²) in [5.74, 6) is -0.120. The van der Waals surface area contributed by atoms with E-state index in [9.17, 15) is 9.00 Å². The Morgan fingerprint density at radius 1 is 1.39 bits per heavy atom. The second kappa shape index (κ2) is 7.12. The van der Waals surface area contributed by atoms with Crippen LogP contribution in [0.2, 0.25) is 10.0 Å². The van der Waals surface area contributed by atoms with Crippen LogP contribution in [-0.4, -0.2) is 28.2 Å². The Bertz CT molecular complexity index is 465. The first-order valence-electron chi connectivity index (χ1n) is 5.43. The summed E-state index contributed by atoms with van der Waals surface area (Å²) in [5.41, 5.74) is 0.798. The molecule has 0 bridgehead atoms. The van der Waals surface area contributed by atoms with Crippen LogP contribution in [0.4, 0.5) is 0 Å². The molecule has 1 aromatic rings. The predicted octanol–water partition coefficient (Wildman–Crippen LogP) is 2.42. The summed E-state index contributed by atoms with van der Waals surface area (Å²) in [5, 5.41) is 3.59. The molecule has 1 N–H and O–H groups in total. The van der Waals surface area contributed by atoms with Crippen molar-refractivity contribution in [2.75, 3.05) is 12.8 Å². The number of halogens is 2. The van der Waals surface area contributed by atoms with Gasteiger partial charge in [-0.3, -0.25) is 9.00 Å². The molecule has 0 radical (unpaired) electrons. The zero-order chi connectivity index (χ0) is 13.7. The molecular formula is C12H15Cl2NO2S. The monoisotopic (exact) mass is 307 g/mol. The van der Waals surface area contributed by atoms with Crippen molar-refractivity contribution in [1.82, 2.24) is 5.32 Å². The van der Waals surface area contributed by atoms with Crippen LogP contribution < -0.4 is 5.32 Å². The van der Waals surface area contributed by atoms with E-state index in [1.807, 2.05) is 6.92 Å². The molecule has 100 valence electrons. The standard InChI is InChI=1S/C12H15Cl2NO2S/c1-8(18(2)17)7-15-12(16)6-9-3-4-10(13)11(14)5-9/h3-5,8H,6-7H2,1-2H3,(H,15,16)/t8-,18+/m0/s1. The molecule has 18 heavy (non-hydrogen) atoms. The lowest BCUT2D eigenvalue weighted by atomic mass is 10.1. The maximum Gasteiger partial charge on any atom is 0.224 e. The Balaban J connectivity index is 2.49. The first-order chi connectivity index (χ1) is 8.40. The van der Waals surface area contributed by atoms with Gasteiger partial charge in [-0.2, -0.15) is 0 Å². The topological polar surface area (TPSA) is 46.2 Å². The van der Waals surface area contributed by atoms with Crippen molar-refractivity contribution in [3.8, 4) is 0 Å². The Morgan fingerprint density at radius 2 is 2.06 bits per heavy atom. The summed E-state index contributed by atoms with van der Waals surface area (Å²) >= 11 is 11.7. The lowest BCUT2D eigenvalue weighted by Crippen LogP contribution is -2.33. The van der Waals surface area contributed by atoms with E-state index in [-0.39, 0.29) is 17.6 Å². The largest absolute Gasteiger partial charge is 0.355 e. The van der Waals surface area contributed by atoms with E-state index >= 15 is 0 Å². The van der Waals surface area contributed by atoms with Gasteiger partial charge in [-0.25, -0.2) is 0 Å². The van der Waals surface area contributed by atoms with Crippen LogP contribution in [0.3, 0.4) is 0 Å². The van der Waals surface area contributed by atoms with Crippen molar-refractivity contribution in [3.63, 3.8) is 0 Å². The lowest BCUT2D eigenvalue weighted by molar-refractivity contribution is -0.120. The molecule has 0 heterocycles. The lowest BCUT2D eigenvalue weighted by Gasteiger charge is -2.10. The molecule has 0 aliphatic rings. The maximum absolute atomic E-state index is 11.6. The minimum atomic E-state index is -0.933. The van der Waals surface area contributed by atoms with Crippen LogP contribution in [0.5, 0.6) is 0 Å². The summed E-state index contributed by atoms with van der Waals surface area (Å²) in [6.45, 7) is 2.23. The Morgan fingerprint density at radius 3 is 2.61 bits per heavy atom. The fourth-order valence-electron chi connectivity index (χ4n) is 1.27. The number of amides is 1. The highest BCUT2D eigenvalue weighted by molar-refractivity contribution is 7.84. The normalized spacial score (nSPS) is 14.0. The molecule has 0 aliphatic carbocycles. The highest BCUT2D eigenvalue weighted by Gasteiger charge is 2.09. The molecule has 0 saturated heterocycles. The summed E-state index contributed by atoms with van der Waals surface area (Å²) in [7, 11) is -0.933. The molecular weight excluding hydrogens is 293 g/mol. The second-order valence-corrected chi connectivity index (χ2v) is 6.65. The van der Waals surface area contributed by atoms with E-state index < -0.39 is 10.8 Å². The predicted molar refractivity (Wildman–Crippen MR) is 76.7 cm³/mol. The minimum Gasteiger partial charge on any atom is -0.355 e.